The molecular weight excluding hydrogens is 514 g/mol. The monoisotopic (exact) mass is 547 g/mol. The van der Waals surface area contributed by atoms with Gasteiger partial charge < -0.3 is 10.6 Å². The van der Waals surface area contributed by atoms with Crippen LogP contribution < -0.4 is 21.3 Å². The molecule has 0 aromatic heterocycles. The smallest absolute Gasteiger partial charge is 0.131 e. The van der Waals surface area contributed by atoms with Crippen LogP contribution in [0.1, 0.15) is 57.9 Å². The molecule has 0 fully saturated rings. The molecule has 5 aromatic rings. The predicted molar refractivity (Wildman–Crippen MR) is 170 cm³/mol. The molecule has 4 atom stereocenters. The van der Waals surface area contributed by atoms with Crippen molar-refractivity contribution in [3.8, 4) is 0 Å². The Balaban J connectivity index is 1.29. The van der Waals surface area contributed by atoms with Crippen LogP contribution in [0.4, 0.5) is 0 Å². The van der Waals surface area contributed by atoms with E-state index >= 15 is 0 Å². The molecule has 2 heterocycles. The third-order valence-corrected chi connectivity index (χ3v) is 7.87. The van der Waals surface area contributed by atoms with Crippen molar-refractivity contribution >= 4 is 11.5 Å². The first-order valence-corrected chi connectivity index (χ1v) is 14.5. The zero-order valence-electron chi connectivity index (χ0n) is 23.2. The molecule has 0 amide bonds. The maximum atomic E-state index is 5.10. The standard InChI is InChI=1S/C37H33N5/c1-5-15-26(16-6-1)32-25-33(39-34(38-32)27-17-7-2-8-18-27)30-23-13-14-24-31(30)37-41-35(28-19-9-3-10-20-28)40-36(42-37)29-21-11-4-12-22-29/h1-25,33-35,37-39,41H,(H,40,42). The number of amidine groups is 1. The van der Waals surface area contributed by atoms with E-state index < -0.39 is 0 Å². The quantitative estimate of drug-likeness (QED) is 0.185. The van der Waals surface area contributed by atoms with Crippen LogP contribution in [0.3, 0.4) is 0 Å². The maximum Gasteiger partial charge on any atom is 0.131 e. The van der Waals surface area contributed by atoms with Crippen molar-refractivity contribution in [1.82, 2.24) is 21.3 Å². The van der Waals surface area contributed by atoms with Crippen molar-refractivity contribution in [2.45, 2.75) is 24.5 Å². The molecule has 42 heavy (non-hydrogen) atoms. The van der Waals surface area contributed by atoms with Crippen LogP contribution in [-0.4, -0.2) is 5.84 Å². The number of hydrogen-bond donors (Lipinski definition) is 4. The van der Waals surface area contributed by atoms with E-state index in [1.807, 2.05) is 12.1 Å². The van der Waals surface area contributed by atoms with Crippen LogP contribution in [0.25, 0.3) is 5.70 Å². The predicted octanol–water partition coefficient (Wildman–Crippen LogP) is 7.00. The normalized spacial score (nSPS) is 21.8. The number of rotatable bonds is 6. The number of nitrogens with one attached hydrogen (secondary N) is 4. The van der Waals surface area contributed by atoms with Crippen LogP contribution in [0, 0.1) is 0 Å². The lowest BCUT2D eigenvalue weighted by atomic mass is 9.93. The van der Waals surface area contributed by atoms with Gasteiger partial charge in [-0.1, -0.05) is 146 Å². The molecule has 2 aliphatic rings. The lowest BCUT2D eigenvalue weighted by Crippen LogP contribution is -2.46. The number of aliphatic imine (C=N–C) groups is 1. The molecule has 0 spiro atoms. The second-order valence-electron chi connectivity index (χ2n) is 10.6. The summed E-state index contributed by atoms with van der Waals surface area (Å²) < 4.78 is 0. The number of benzene rings is 5. The lowest BCUT2D eigenvalue weighted by molar-refractivity contribution is 0.398. The molecule has 7 rings (SSSR count). The fourth-order valence-electron chi connectivity index (χ4n) is 5.77. The Morgan fingerprint density at radius 3 is 1.67 bits per heavy atom. The largest absolute Gasteiger partial charge is 0.366 e. The van der Waals surface area contributed by atoms with Gasteiger partial charge in [0.15, 0.2) is 0 Å². The van der Waals surface area contributed by atoms with Gasteiger partial charge in [0.25, 0.3) is 0 Å². The minimum Gasteiger partial charge on any atom is -0.366 e. The first-order valence-electron chi connectivity index (χ1n) is 14.5. The summed E-state index contributed by atoms with van der Waals surface area (Å²) in [5.41, 5.74) is 8.05. The van der Waals surface area contributed by atoms with Crippen LogP contribution in [0.15, 0.2) is 157 Å². The third-order valence-electron chi connectivity index (χ3n) is 7.87. The minimum absolute atomic E-state index is 0.0271. The van der Waals surface area contributed by atoms with Crippen LogP contribution >= 0.6 is 0 Å². The molecule has 5 heteroatoms. The van der Waals surface area contributed by atoms with Crippen LogP contribution in [0.5, 0.6) is 0 Å². The zero-order chi connectivity index (χ0) is 28.1. The van der Waals surface area contributed by atoms with Gasteiger partial charge in [-0.3, -0.25) is 10.6 Å². The third kappa shape index (κ3) is 5.48. The van der Waals surface area contributed by atoms with Gasteiger partial charge >= 0.3 is 0 Å². The van der Waals surface area contributed by atoms with Crippen LogP contribution in [-0.2, 0) is 0 Å². The average Bonchev–Trinajstić information content (AvgIpc) is 3.09. The van der Waals surface area contributed by atoms with Crippen molar-refractivity contribution in [1.29, 1.82) is 0 Å². The van der Waals surface area contributed by atoms with Gasteiger partial charge in [0.1, 0.15) is 24.3 Å². The van der Waals surface area contributed by atoms with E-state index in [4.69, 9.17) is 4.99 Å². The summed E-state index contributed by atoms with van der Waals surface area (Å²) in [6, 6.07) is 50.6. The molecule has 4 unspecified atom stereocenters. The highest BCUT2D eigenvalue weighted by molar-refractivity contribution is 5.99. The van der Waals surface area contributed by atoms with Crippen molar-refractivity contribution in [3.05, 3.63) is 185 Å². The van der Waals surface area contributed by atoms with E-state index in [0.29, 0.717) is 0 Å². The molecule has 0 saturated carbocycles. The van der Waals surface area contributed by atoms with Gasteiger partial charge in [0, 0.05) is 11.3 Å². The van der Waals surface area contributed by atoms with Gasteiger partial charge in [-0.2, -0.15) is 0 Å². The molecule has 5 nitrogen and oxygen atoms in total. The Morgan fingerprint density at radius 1 is 0.452 bits per heavy atom. The Bertz CT molecular complexity index is 1680. The summed E-state index contributed by atoms with van der Waals surface area (Å²) in [6.45, 7) is 0. The van der Waals surface area contributed by atoms with Crippen LogP contribution in [0.2, 0.25) is 0 Å². The summed E-state index contributed by atoms with van der Waals surface area (Å²) in [5, 5.41) is 15.1. The Morgan fingerprint density at radius 2 is 1.00 bits per heavy atom. The maximum absolute atomic E-state index is 5.10. The Kier molecular flexibility index (Phi) is 7.34. The molecule has 2 aliphatic heterocycles. The highest BCUT2D eigenvalue weighted by Crippen LogP contribution is 2.34. The number of hydrogen-bond acceptors (Lipinski definition) is 5. The molecule has 206 valence electrons. The summed E-state index contributed by atoms with van der Waals surface area (Å²) >= 11 is 0. The molecule has 5 aromatic carbocycles. The highest BCUT2D eigenvalue weighted by atomic mass is 15.3. The van der Waals surface area contributed by atoms with Crippen molar-refractivity contribution < 1.29 is 0 Å². The Hall–Kier alpha value is -4.97. The van der Waals surface area contributed by atoms with E-state index in [2.05, 4.69) is 161 Å². The molecule has 0 aliphatic carbocycles. The van der Waals surface area contributed by atoms with E-state index in [1.165, 1.54) is 22.3 Å². The summed E-state index contributed by atoms with van der Waals surface area (Å²) in [7, 11) is 0. The molecular formula is C37H33N5. The van der Waals surface area contributed by atoms with Gasteiger partial charge in [-0.15, -0.1) is 0 Å². The lowest BCUT2D eigenvalue weighted by Gasteiger charge is -2.37. The van der Waals surface area contributed by atoms with Gasteiger partial charge in [-0.25, -0.2) is 4.99 Å². The first kappa shape index (κ1) is 26.0. The highest BCUT2D eigenvalue weighted by Gasteiger charge is 2.30. The summed E-state index contributed by atoms with van der Waals surface area (Å²) in [5.74, 6) is 0.879. The summed E-state index contributed by atoms with van der Waals surface area (Å²) in [4.78, 5) is 5.10. The second-order valence-corrected chi connectivity index (χ2v) is 10.6. The average molecular weight is 548 g/mol. The van der Waals surface area contributed by atoms with Crippen molar-refractivity contribution in [2.24, 2.45) is 4.99 Å². The molecule has 0 bridgehead atoms. The zero-order valence-corrected chi connectivity index (χ0v) is 23.2. The van der Waals surface area contributed by atoms with E-state index in [9.17, 15) is 0 Å². The fourth-order valence-corrected chi connectivity index (χ4v) is 5.77. The second kappa shape index (κ2) is 11.9. The van der Waals surface area contributed by atoms with Gasteiger partial charge in [-0.05, 0) is 33.9 Å². The topological polar surface area (TPSA) is 60.5 Å². The summed E-state index contributed by atoms with van der Waals surface area (Å²) in [6.07, 6.45) is 1.92. The minimum atomic E-state index is -0.186. The van der Waals surface area contributed by atoms with E-state index in [-0.39, 0.29) is 24.5 Å². The van der Waals surface area contributed by atoms with E-state index in [0.717, 1.165) is 22.7 Å². The molecule has 0 radical (unpaired) electrons. The molecule has 4 N–H and O–H groups in total. The van der Waals surface area contributed by atoms with Gasteiger partial charge in [0.2, 0.25) is 0 Å². The number of nitrogens with zero attached hydrogens (tertiary/aromatic N) is 1. The van der Waals surface area contributed by atoms with E-state index in [1.54, 1.807) is 0 Å². The Labute approximate surface area is 247 Å². The van der Waals surface area contributed by atoms with Crippen molar-refractivity contribution in [2.75, 3.05) is 0 Å². The first-order chi connectivity index (χ1) is 20.8. The van der Waals surface area contributed by atoms with Crippen molar-refractivity contribution in [3.63, 3.8) is 0 Å². The molecule has 0 saturated heterocycles. The SMILES string of the molecule is C1=C(c2ccccc2)NC(c2ccccc2)NC1c1ccccc1C1NC(c2ccccc2)=NC(c2ccccc2)N1. The fraction of sp³-hybridized carbons (Fsp3) is 0.108. The van der Waals surface area contributed by atoms with Gasteiger partial charge in [0.05, 0.1) is 6.04 Å².